The van der Waals surface area contributed by atoms with E-state index in [-0.39, 0.29) is 0 Å². The van der Waals surface area contributed by atoms with E-state index in [1.54, 1.807) is 0 Å². The summed E-state index contributed by atoms with van der Waals surface area (Å²) in [6, 6.07) is 0. The van der Waals surface area contributed by atoms with Gasteiger partial charge in [-0.25, -0.2) is 0 Å². The molecular formula is C17H33N. The molecule has 0 aliphatic rings. The van der Waals surface area contributed by atoms with Crippen LogP contribution in [0.5, 0.6) is 0 Å². The molecule has 106 valence electrons. The SMILES string of the molecule is C=CC(=C)CN(CCCCCC)CCCCCC. The van der Waals surface area contributed by atoms with E-state index in [1.165, 1.54) is 64.5 Å². The van der Waals surface area contributed by atoms with Gasteiger partial charge in [0.1, 0.15) is 0 Å². The Morgan fingerprint density at radius 3 is 1.78 bits per heavy atom. The fourth-order valence-corrected chi connectivity index (χ4v) is 2.15. The average Bonchev–Trinajstić information content (AvgIpc) is 2.39. The van der Waals surface area contributed by atoms with E-state index in [4.69, 9.17) is 0 Å². The Hall–Kier alpha value is -0.560. The first-order chi connectivity index (χ1) is 8.74. The molecule has 0 fully saturated rings. The van der Waals surface area contributed by atoms with Crippen molar-refractivity contribution in [2.45, 2.75) is 65.2 Å². The number of rotatable bonds is 13. The van der Waals surface area contributed by atoms with Gasteiger partial charge in [-0.2, -0.15) is 0 Å². The van der Waals surface area contributed by atoms with E-state index >= 15 is 0 Å². The van der Waals surface area contributed by atoms with E-state index < -0.39 is 0 Å². The van der Waals surface area contributed by atoms with Crippen molar-refractivity contribution in [2.24, 2.45) is 0 Å². The van der Waals surface area contributed by atoms with Crippen LogP contribution in [0.25, 0.3) is 0 Å². The highest BCUT2D eigenvalue weighted by molar-refractivity contribution is 5.12. The van der Waals surface area contributed by atoms with Gasteiger partial charge >= 0.3 is 0 Å². The third kappa shape index (κ3) is 10.6. The van der Waals surface area contributed by atoms with Gasteiger partial charge in [-0.3, -0.25) is 4.90 Å². The van der Waals surface area contributed by atoms with Crippen LogP contribution in [0.2, 0.25) is 0 Å². The molecule has 0 unspecified atom stereocenters. The van der Waals surface area contributed by atoms with E-state index in [2.05, 4.69) is 31.9 Å². The van der Waals surface area contributed by atoms with Crippen LogP contribution in [0.3, 0.4) is 0 Å². The van der Waals surface area contributed by atoms with Crippen molar-refractivity contribution in [1.29, 1.82) is 0 Å². The molecule has 0 radical (unpaired) electrons. The van der Waals surface area contributed by atoms with Crippen LogP contribution in [0.4, 0.5) is 0 Å². The van der Waals surface area contributed by atoms with Crippen LogP contribution in [-0.4, -0.2) is 24.5 Å². The summed E-state index contributed by atoms with van der Waals surface area (Å²) in [6.07, 6.45) is 12.6. The molecule has 1 nitrogen and oxygen atoms in total. The second-order valence-electron chi connectivity index (χ2n) is 5.26. The lowest BCUT2D eigenvalue weighted by molar-refractivity contribution is 0.283. The van der Waals surface area contributed by atoms with Gasteiger partial charge in [-0.15, -0.1) is 0 Å². The van der Waals surface area contributed by atoms with E-state index in [9.17, 15) is 0 Å². The van der Waals surface area contributed by atoms with Crippen molar-refractivity contribution in [1.82, 2.24) is 4.90 Å². The van der Waals surface area contributed by atoms with Crippen LogP contribution in [-0.2, 0) is 0 Å². The molecule has 0 aromatic rings. The minimum Gasteiger partial charge on any atom is -0.299 e. The van der Waals surface area contributed by atoms with E-state index in [1.807, 2.05) is 6.08 Å². The third-order valence-corrected chi connectivity index (χ3v) is 3.37. The van der Waals surface area contributed by atoms with Gasteiger partial charge in [0.2, 0.25) is 0 Å². The molecule has 0 aliphatic heterocycles. The summed E-state index contributed by atoms with van der Waals surface area (Å²) in [5.74, 6) is 0. The molecule has 0 aliphatic carbocycles. The first kappa shape index (κ1) is 17.4. The lowest BCUT2D eigenvalue weighted by Crippen LogP contribution is -2.27. The van der Waals surface area contributed by atoms with Crippen LogP contribution in [0.1, 0.15) is 65.2 Å². The molecule has 0 rings (SSSR count). The lowest BCUT2D eigenvalue weighted by Gasteiger charge is -2.22. The predicted molar refractivity (Wildman–Crippen MR) is 84.1 cm³/mol. The fraction of sp³-hybridized carbons (Fsp3) is 0.765. The zero-order valence-corrected chi connectivity index (χ0v) is 12.7. The Morgan fingerprint density at radius 2 is 1.39 bits per heavy atom. The predicted octanol–water partition coefficient (Wildman–Crippen LogP) is 5.19. The Labute approximate surface area is 115 Å². The molecule has 0 saturated heterocycles. The molecule has 0 heterocycles. The summed E-state index contributed by atoms with van der Waals surface area (Å²) < 4.78 is 0. The number of unbranched alkanes of at least 4 members (excludes halogenated alkanes) is 6. The van der Waals surface area contributed by atoms with Crippen molar-refractivity contribution < 1.29 is 0 Å². The maximum Gasteiger partial charge on any atom is 0.0227 e. The standard InChI is InChI=1S/C17H33N/c1-5-8-10-12-14-18(16-17(4)7-3)15-13-11-9-6-2/h7H,3-6,8-16H2,1-2H3. The highest BCUT2D eigenvalue weighted by Gasteiger charge is 2.05. The number of hydrogen-bond donors (Lipinski definition) is 0. The van der Waals surface area contributed by atoms with Gasteiger partial charge in [0, 0.05) is 6.54 Å². The van der Waals surface area contributed by atoms with Crippen LogP contribution in [0.15, 0.2) is 24.8 Å². The molecule has 0 aromatic carbocycles. The molecule has 1 heteroatoms. The van der Waals surface area contributed by atoms with E-state index in [0.717, 1.165) is 12.1 Å². The van der Waals surface area contributed by atoms with Crippen molar-refractivity contribution in [2.75, 3.05) is 19.6 Å². The van der Waals surface area contributed by atoms with Crippen LogP contribution >= 0.6 is 0 Å². The number of nitrogens with zero attached hydrogens (tertiary/aromatic N) is 1. The average molecular weight is 251 g/mol. The number of hydrogen-bond acceptors (Lipinski definition) is 1. The lowest BCUT2D eigenvalue weighted by atomic mass is 10.1. The van der Waals surface area contributed by atoms with Gasteiger partial charge in [0.25, 0.3) is 0 Å². The zero-order chi connectivity index (χ0) is 13.6. The Bertz CT molecular complexity index is 196. The van der Waals surface area contributed by atoms with Gasteiger partial charge < -0.3 is 0 Å². The van der Waals surface area contributed by atoms with Crippen molar-refractivity contribution in [3.8, 4) is 0 Å². The normalized spacial score (nSPS) is 10.8. The summed E-state index contributed by atoms with van der Waals surface area (Å²) in [5.41, 5.74) is 1.15. The molecule has 0 amide bonds. The summed E-state index contributed by atoms with van der Waals surface area (Å²) in [6.45, 7) is 15.8. The molecule has 0 saturated carbocycles. The molecule has 18 heavy (non-hydrogen) atoms. The maximum atomic E-state index is 4.04. The molecule has 0 aromatic heterocycles. The Kier molecular flexibility index (Phi) is 12.5. The zero-order valence-electron chi connectivity index (χ0n) is 12.7. The first-order valence-electron chi connectivity index (χ1n) is 7.77. The molecule has 0 N–H and O–H groups in total. The smallest absolute Gasteiger partial charge is 0.0227 e. The molecule has 0 atom stereocenters. The molecular weight excluding hydrogens is 218 g/mol. The highest BCUT2D eigenvalue weighted by Crippen LogP contribution is 2.07. The quantitative estimate of drug-likeness (QED) is 0.321. The highest BCUT2D eigenvalue weighted by atomic mass is 15.1. The summed E-state index contributed by atoms with van der Waals surface area (Å²) in [5, 5.41) is 0. The van der Waals surface area contributed by atoms with Gasteiger partial charge in [-0.1, -0.05) is 71.6 Å². The van der Waals surface area contributed by atoms with Crippen LogP contribution < -0.4 is 0 Å². The topological polar surface area (TPSA) is 3.24 Å². The Morgan fingerprint density at radius 1 is 0.889 bits per heavy atom. The summed E-state index contributed by atoms with van der Waals surface area (Å²) in [7, 11) is 0. The van der Waals surface area contributed by atoms with Gasteiger partial charge in [0.15, 0.2) is 0 Å². The third-order valence-electron chi connectivity index (χ3n) is 3.37. The van der Waals surface area contributed by atoms with Crippen molar-refractivity contribution in [3.63, 3.8) is 0 Å². The molecule has 0 spiro atoms. The largest absolute Gasteiger partial charge is 0.299 e. The molecule has 0 bridgehead atoms. The summed E-state index contributed by atoms with van der Waals surface area (Å²) in [4.78, 5) is 2.55. The minimum atomic E-state index is 1.00. The van der Waals surface area contributed by atoms with Crippen LogP contribution in [0, 0.1) is 0 Å². The monoisotopic (exact) mass is 251 g/mol. The van der Waals surface area contributed by atoms with Crippen molar-refractivity contribution >= 4 is 0 Å². The van der Waals surface area contributed by atoms with Gasteiger partial charge in [-0.05, 0) is 31.5 Å². The Balaban J connectivity index is 3.84. The van der Waals surface area contributed by atoms with E-state index in [0.29, 0.717) is 0 Å². The summed E-state index contributed by atoms with van der Waals surface area (Å²) >= 11 is 0. The first-order valence-corrected chi connectivity index (χ1v) is 7.77. The minimum absolute atomic E-state index is 1.00. The second kappa shape index (κ2) is 12.9. The second-order valence-corrected chi connectivity index (χ2v) is 5.26. The van der Waals surface area contributed by atoms with Crippen molar-refractivity contribution in [3.05, 3.63) is 24.8 Å². The van der Waals surface area contributed by atoms with Gasteiger partial charge in [0.05, 0.1) is 0 Å². The fourth-order valence-electron chi connectivity index (χ4n) is 2.15. The maximum absolute atomic E-state index is 4.04.